The Morgan fingerprint density at radius 3 is 2.45 bits per heavy atom. The van der Waals surface area contributed by atoms with E-state index in [-0.39, 0.29) is 23.1 Å². The van der Waals surface area contributed by atoms with E-state index in [0.29, 0.717) is 18.7 Å². The van der Waals surface area contributed by atoms with Crippen LogP contribution in [-0.2, 0) is 32.3 Å². The van der Waals surface area contributed by atoms with Crippen molar-refractivity contribution in [2.24, 2.45) is 0 Å². The minimum absolute atomic E-state index is 0.0589. The lowest BCUT2D eigenvalue weighted by Gasteiger charge is -2.16. The van der Waals surface area contributed by atoms with Gasteiger partial charge in [0.2, 0.25) is 11.8 Å². The second-order valence-electron chi connectivity index (χ2n) is 7.37. The molecule has 0 radical (unpaired) electrons. The van der Waals surface area contributed by atoms with Gasteiger partial charge in [-0.2, -0.15) is 0 Å². The second-order valence-corrected chi connectivity index (χ2v) is 9.74. The number of amides is 2. The highest BCUT2D eigenvalue weighted by molar-refractivity contribution is 7.92. The van der Waals surface area contributed by atoms with Gasteiger partial charge in [-0.1, -0.05) is 19.1 Å². The van der Waals surface area contributed by atoms with Crippen LogP contribution in [-0.4, -0.2) is 32.0 Å². The van der Waals surface area contributed by atoms with Gasteiger partial charge in [-0.15, -0.1) is 0 Å². The highest BCUT2D eigenvalue weighted by atomic mass is 32.2. The summed E-state index contributed by atoms with van der Waals surface area (Å²) in [5, 5.41) is 1.90. The Morgan fingerprint density at radius 2 is 1.83 bits per heavy atom. The van der Waals surface area contributed by atoms with Crippen molar-refractivity contribution in [1.29, 1.82) is 0 Å². The number of hydrogen-bond acceptors (Lipinski definition) is 4. The van der Waals surface area contributed by atoms with Crippen LogP contribution in [0.25, 0.3) is 0 Å². The minimum atomic E-state index is -3.66. The van der Waals surface area contributed by atoms with Gasteiger partial charge in [0.25, 0.3) is 0 Å². The third kappa shape index (κ3) is 4.50. The van der Waals surface area contributed by atoms with Crippen LogP contribution < -0.4 is 10.2 Å². The van der Waals surface area contributed by atoms with E-state index in [1.165, 1.54) is 18.6 Å². The number of anilines is 2. The minimum Gasteiger partial charge on any atom is -0.326 e. The van der Waals surface area contributed by atoms with E-state index in [9.17, 15) is 18.0 Å². The van der Waals surface area contributed by atoms with Crippen LogP contribution in [0.2, 0.25) is 0 Å². The van der Waals surface area contributed by atoms with E-state index < -0.39 is 15.1 Å². The van der Waals surface area contributed by atoms with Gasteiger partial charge in [0.15, 0.2) is 9.84 Å². The standard InChI is InChI=1S/C22H26N2O4S/c1-4-17-5-7-19(8-6-17)23-22(26)13-15(2)29(27,28)20-9-10-21-18(14-20)11-12-24(21)16(3)25/h5-10,14-15H,4,11-13H2,1-3H3,(H,23,26)/t15-/m1/s1. The number of nitrogens with zero attached hydrogens (tertiary/aromatic N) is 1. The summed E-state index contributed by atoms with van der Waals surface area (Å²) in [5.74, 6) is -0.398. The quantitative estimate of drug-likeness (QED) is 0.786. The molecule has 1 N–H and O–H groups in total. The van der Waals surface area contributed by atoms with Crippen LogP contribution >= 0.6 is 0 Å². The van der Waals surface area contributed by atoms with Gasteiger partial charge in [0.05, 0.1) is 10.1 Å². The molecule has 0 unspecified atom stereocenters. The summed E-state index contributed by atoms with van der Waals surface area (Å²) in [4.78, 5) is 25.8. The first-order valence-corrected chi connectivity index (χ1v) is 11.3. The Kier molecular flexibility index (Phi) is 6.07. The lowest BCUT2D eigenvalue weighted by atomic mass is 10.1. The molecule has 0 aliphatic carbocycles. The SMILES string of the molecule is CCc1ccc(NC(=O)C[C@@H](C)S(=O)(=O)c2ccc3c(c2)CCN3C(C)=O)cc1. The molecular formula is C22H26N2O4S. The topological polar surface area (TPSA) is 83.6 Å². The molecule has 2 aromatic rings. The first-order chi connectivity index (χ1) is 13.7. The summed E-state index contributed by atoms with van der Waals surface area (Å²) in [6.07, 6.45) is 1.41. The monoisotopic (exact) mass is 414 g/mol. The number of fused-ring (bicyclic) bond motifs is 1. The Balaban J connectivity index is 1.70. The molecule has 0 saturated carbocycles. The molecule has 7 heteroatoms. The van der Waals surface area contributed by atoms with Crippen molar-refractivity contribution in [3.8, 4) is 0 Å². The Morgan fingerprint density at radius 1 is 1.14 bits per heavy atom. The molecule has 1 aliphatic rings. The van der Waals surface area contributed by atoms with E-state index in [1.807, 2.05) is 24.3 Å². The maximum absolute atomic E-state index is 13.0. The van der Waals surface area contributed by atoms with Gasteiger partial charge in [-0.05, 0) is 61.2 Å². The van der Waals surface area contributed by atoms with Crippen molar-refractivity contribution in [2.45, 2.75) is 50.2 Å². The van der Waals surface area contributed by atoms with Crippen molar-refractivity contribution >= 4 is 33.0 Å². The fourth-order valence-electron chi connectivity index (χ4n) is 3.52. The molecule has 1 aliphatic heterocycles. The molecule has 0 aromatic heterocycles. The number of rotatable bonds is 6. The zero-order valence-electron chi connectivity index (χ0n) is 16.9. The predicted molar refractivity (Wildman–Crippen MR) is 114 cm³/mol. The summed E-state index contributed by atoms with van der Waals surface area (Å²) >= 11 is 0. The molecule has 0 saturated heterocycles. The zero-order chi connectivity index (χ0) is 21.2. The van der Waals surface area contributed by atoms with E-state index in [4.69, 9.17) is 0 Å². The molecule has 29 heavy (non-hydrogen) atoms. The van der Waals surface area contributed by atoms with Crippen LogP contribution in [0.5, 0.6) is 0 Å². The molecular weight excluding hydrogens is 388 g/mol. The van der Waals surface area contributed by atoms with Gasteiger partial charge >= 0.3 is 0 Å². The average molecular weight is 415 g/mol. The Labute approximate surface area is 171 Å². The van der Waals surface area contributed by atoms with Gasteiger partial charge in [-0.25, -0.2) is 8.42 Å². The van der Waals surface area contributed by atoms with Gasteiger partial charge in [0.1, 0.15) is 0 Å². The first-order valence-electron chi connectivity index (χ1n) is 9.76. The molecule has 0 fully saturated rings. The second kappa shape index (κ2) is 8.37. The number of benzene rings is 2. The van der Waals surface area contributed by atoms with Crippen molar-refractivity contribution in [2.75, 3.05) is 16.8 Å². The molecule has 2 amide bonds. The molecule has 0 bridgehead atoms. The normalized spacial score (nSPS) is 14.4. The summed E-state index contributed by atoms with van der Waals surface area (Å²) in [6, 6.07) is 12.3. The largest absolute Gasteiger partial charge is 0.326 e. The summed E-state index contributed by atoms with van der Waals surface area (Å²) in [6.45, 7) is 5.65. The zero-order valence-corrected chi connectivity index (χ0v) is 17.8. The van der Waals surface area contributed by atoms with Gasteiger partial charge < -0.3 is 10.2 Å². The summed E-state index contributed by atoms with van der Waals surface area (Å²) in [7, 11) is -3.66. The van der Waals surface area contributed by atoms with Gasteiger partial charge in [0, 0.05) is 31.3 Å². The predicted octanol–water partition coefficient (Wildman–Crippen LogP) is 3.35. The smallest absolute Gasteiger partial charge is 0.225 e. The maximum atomic E-state index is 13.0. The number of hydrogen-bond donors (Lipinski definition) is 1. The van der Waals surface area contributed by atoms with Gasteiger partial charge in [-0.3, -0.25) is 9.59 Å². The summed E-state index contributed by atoms with van der Waals surface area (Å²) < 4.78 is 25.9. The highest BCUT2D eigenvalue weighted by Crippen LogP contribution is 2.31. The van der Waals surface area contributed by atoms with Crippen molar-refractivity contribution in [1.82, 2.24) is 0 Å². The number of nitrogens with one attached hydrogen (secondary N) is 1. The number of aryl methyl sites for hydroxylation is 1. The van der Waals surface area contributed by atoms with Crippen molar-refractivity contribution < 1.29 is 18.0 Å². The average Bonchev–Trinajstić information content (AvgIpc) is 3.12. The summed E-state index contributed by atoms with van der Waals surface area (Å²) in [5.41, 5.74) is 3.42. The first kappa shape index (κ1) is 21.0. The molecule has 3 rings (SSSR count). The molecule has 0 spiro atoms. The molecule has 1 atom stereocenters. The third-order valence-electron chi connectivity index (χ3n) is 5.30. The van der Waals surface area contributed by atoms with Crippen LogP contribution in [0.1, 0.15) is 38.3 Å². The highest BCUT2D eigenvalue weighted by Gasteiger charge is 2.29. The van der Waals surface area contributed by atoms with Crippen LogP contribution in [0, 0.1) is 0 Å². The fraction of sp³-hybridized carbons (Fsp3) is 0.364. The van der Waals surface area contributed by atoms with Crippen molar-refractivity contribution in [3.63, 3.8) is 0 Å². The van der Waals surface area contributed by atoms with E-state index in [0.717, 1.165) is 17.7 Å². The van der Waals surface area contributed by atoms with Crippen LogP contribution in [0.3, 0.4) is 0 Å². The fourth-order valence-corrected chi connectivity index (χ4v) is 4.92. The third-order valence-corrected chi connectivity index (χ3v) is 7.44. The van der Waals surface area contributed by atoms with E-state index in [1.54, 1.807) is 24.0 Å². The van der Waals surface area contributed by atoms with Crippen LogP contribution in [0.15, 0.2) is 47.4 Å². The molecule has 1 heterocycles. The van der Waals surface area contributed by atoms with Crippen molar-refractivity contribution in [3.05, 3.63) is 53.6 Å². The molecule has 2 aromatic carbocycles. The molecule has 6 nitrogen and oxygen atoms in total. The Hall–Kier alpha value is -2.67. The van der Waals surface area contributed by atoms with Crippen LogP contribution in [0.4, 0.5) is 11.4 Å². The van der Waals surface area contributed by atoms with E-state index in [2.05, 4.69) is 12.2 Å². The lowest BCUT2D eigenvalue weighted by molar-refractivity contribution is -0.117. The maximum Gasteiger partial charge on any atom is 0.225 e. The lowest BCUT2D eigenvalue weighted by Crippen LogP contribution is -2.26. The molecule has 154 valence electrons. The Bertz CT molecular complexity index is 1030. The number of carbonyl (C=O) groups excluding carboxylic acids is 2. The van der Waals surface area contributed by atoms with E-state index >= 15 is 0 Å². The number of carbonyl (C=O) groups is 2. The number of sulfone groups is 1.